The van der Waals surface area contributed by atoms with Crippen molar-refractivity contribution >= 4 is 29.3 Å². The molecule has 0 aliphatic heterocycles. The summed E-state index contributed by atoms with van der Waals surface area (Å²) in [6, 6.07) is 12.8. The van der Waals surface area contributed by atoms with Gasteiger partial charge in [-0.05, 0) is 43.0 Å². The lowest BCUT2D eigenvalue weighted by atomic mass is 10.1. The number of amides is 1. The molecule has 0 unspecified atom stereocenters. The molecule has 0 aliphatic carbocycles. The summed E-state index contributed by atoms with van der Waals surface area (Å²) in [6.07, 6.45) is 6.75. The zero-order chi connectivity index (χ0) is 20.4. The van der Waals surface area contributed by atoms with Gasteiger partial charge in [-0.2, -0.15) is 0 Å². The van der Waals surface area contributed by atoms with Gasteiger partial charge in [0.2, 0.25) is 0 Å². The number of esters is 1. The predicted molar refractivity (Wildman–Crippen MR) is 107 cm³/mol. The van der Waals surface area contributed by atoms with Gasteiger partial charge in [-0.3, -0.25) is 19.7 Å². The number of hydrogen-bond donors (Lipinski definition) is 1. The lowest BCUT2D eigenvalue weighted by molar-refractivity contribution is -0.384. The maximum atomic E-state index is 12.4. The third-order valence-corrected chi connectivity index (χ3v) is 4.08. The summed E-state index contributed by atoms with van der Waals surface area (Å²) in [7, 11) is 1.38. The fourth-order valence-corrected chi connectivity index (χ4v) is 2.53. The number of methoxy groups -OCH3 is 1. The van der Waals surface area contributed by atoms with Crippen LogP contribution < -0.4 is 5.32 Å². The van der Waals surface area contributed by atoms with Crippen molar-refractivity contribution in [2.24, 2.45) is 0 Å². The van der Waals surface area contributed by atoms with E-state index in [2.05, 4.69) is 10.1 Å². The Bertz CT molecular complexity index is 859. The minimum atomic E-state index is -0.507. The lowest BCUT2D eigenvalue weighted by Crippen LogP contribution is -2.12. The summed E-state index contributed by atoms with van der Waals surface area (Å²) in [5.41, 5.74) is 1.78. The smallest absolute Gasteiger partial charge is 0.305 e. The van der Waals surface area contributed by atoms with E-state index in [1.165, 1.54) is 31.4 Å². The number of carbonyl (C=O) groups excluding carboxylic acids is 2. The van der Waals surface area contributed by atoms with Gasteiger partial charge in [0.05, 0.1) is 12.0 Å². The highest BCUT2D eigenvalue weighted by molar-refractivity contribution is 6.05. The molecule has 146 valence electrons. The van der Waals surface area contributed by atoms with Crippen molar-refractivity contribution in [3.05, 3.63) is 75.8 Å². The number of non-ortho nitro benzene ring substituents is 1. The second kappa shape index (κ2) is 10.6. The lowest BCUT2D eigenvalue weighted by Gasteiger charge is -2.08. The SMILES string of the molecule is COC(=O)CCCCC=Cc1ccccc1NC(=O)c1ccc([N+](=O)[O-])cc1. The van der Waals surface area contributed by atoms with Crippen LogP contribution in [0.4, 0.5) is 11.4 Å². The average molecular weight is 382 g/mol. The molecule has 1 N–H and O–H groups in total. The van der Waals surface area contributed by atoms with Gasteiger partial charge in [0.1, 0.15) is 0 Å². The molecule has 7 nitrogen and oxygen atoms in total. The number of nitro benzene ring substituents is 1. The van der Waals surface area contributed by atoms with E-state index in [0.717, 1.165) is 24.8 Å². The number of anilines is 1. The molecular formula is C21H22N2O5. The third kappa shape index (κ3) is 6.35. The molecule has 0 aliphatic rings. The topological polar surface area (TPSA) is 98.5 Å². The van der Waals surface area contributed by atoms with E-state index < -0.39 is 4.92 Å². The van der Waals surface area contributed by atoms with E-state index in [-0.39, 0.29) is 17.6 Å². The van der Waals surface area contributed by atoms with Crippen molar-refractivity contribution in [3.63, 3.8) is 0 Å². The minimum absolute atomic E-state index is 0.0629. The van der Waals surface area contributed by atoms with Gasteiger partial charge in [0.25, 0.3) is 11.6 Å². The van der Waals surface area contributed by atoms with Gasteiger partial charge >= 0.3 is 5.97 Å². The largest absolute Gasteiger partial charge is 0.469 e. The van der Waals surface area contributed by atoms with Crippen LogP contribution in [0.25, 0.3) is 6.08 Å². The van der Waals surface area contributed by atoms with Crippen molar-refractivity contribution in [2.45, 2.75) is 25.7 Å². The first-order chi connectivity index (χ1) is 13.5. The zero-order valence-electron chi connectivity index (χ0n) is 15.6. The van der Waals surface area contributed by atoms with E-state index in [9.17, 15) is 19.7 Å². The fraction of sp³-hybridized carbons (Fsp3) is 0.238. The maximum absolute atomic E-state index is 12.4. The Labute approximate surface area is 163 Å². The first kappa shape index (κ1) is 20.8. The number of nitro groups is 1. The summed E-state index contributed by atoms with van der Waals surface area (Å²) >= 11 is 0. The molecule has 2 rings (SSSR count). The van der Waals surface area contributed by atoms with E-state index in [1.807, 2.05) is 30.4 Å². The van der Waals surface area contributed by atoms with Crippen LogP contribution in [0.3, 0.4) is 0 Å². The Morgan fingerprint density at radius 2 is 1.82 bits per heavy atom. The quantitative estimate of drug-likeness (QED) is 0.296. The Kier molecular flexibility index (Phi) is 7.90. The summed E-state index contributed by atoms with van der Waals surface area (Å²) in [6.45, 7) is 0. The molecule has 1 amide bonds. The van der Waals surface area contributed by atoms with Crippen molar-refractivity contribution in [2.75, 3.05) is 12.4 Å². The van der Waals surface area contributed by atoms with Crippen molar-refractivity contribution in [3.8, 4) is 0 Å². The Morgan fingerprint density at radius 1 is 1.11 bits per heavy atom. The summed E-state index contributed by atoms with van der Waals surface area (Å²) in [5.74, 6) is -0.544. The number of benzene rings is 2. The van der Waals surface area contributed by atoms with Crippen LogP contribution >= 0.6 is 0 Å². The first-order valence-electron chi connectivity index (χ1n) is 8.89. The Hall–Kier alpha value is -3.48. The fourth-order valence-electron chi connectivity index (χ4n) is 2.53. The van der Waals surface area contributed by atoms with Gasteiger partial charge in [-0.25, -0.2) is 0 Å². The average Bonchev–Trinajstić information content (AvgIpc) is 2.71. The Morgan fingerprint density at radius 3 is 2.50 bits per heavy atom. The second-order valence-corrected chi connectivity index (χ2v) is 6.07. The molecule has 0 atom stereocenters. The van der Waals surface area contributed by atoms with Gasteiger partial charge in [-0.15, -0.1) is 0 Å². The highest BCUT2D eigenvalue weighted by Gasteiger charge is 2.10. The molecule has 0 spiro atoms. The van der Waals surface area contributed by atoms with Crippen molar-refractivity contribution in [1.29, 1.82) is 0 Å². The molecule has 7 heteroatoms. The normalized spacial score (nSPS) is 10.6. The summed E-state index contributed by atoms with van der Waals surface area (Å²) in [5, 5.41) is 13.5. The molecule has 0 aromatic heterocycles. The van der Waals surface area contributed by atoms with Gasteiger partial charge < -0.3 is 10.1 Å². The molecule has 28 heavy (non-hydrogen) atoms. The summed E-state index contributed by atoms with van der Waals surface area (Å²) in [4.78, 5) is 33.7. The van der Waals surface area contributed by atoms with Gasteiger partial charge in [0.15, 0.2) is 0 Å². The van der Waals surface area contributed by atoms with Crippen molar-refractivity contribution < 1.29 is 19.2 Å². The predicted octanol–water partition coefficient (Wildman–Crippen LogP) is 4.59. The van der Waals surface area contributed by atoms with Crippen LogP contribution in [-0.2, 0) is 9.53 Å². The van der Waals surface area contributed by atoms with E-state index in [1.54, 1.807) is 6.07 Å². The van der Waals surface area contributed by atoms with E-state index >= 15 is 0 Å². The maximum Gasteiger partial charge on any atom is 0.305 e. The number of carbonyl (C=O) groups is 2. The number of rotatable bonds is 9. The number of allylic oxidation sites excluding steroid dienone is 1. The van der Waals surface area contributed by atoms with Crippen molar-refractivity contribution in [1.82, 2.24) is 0 Å². The second-order valence-electron chi connectivity index (χ2n) is 6.07. The van der Waals surface area contributed by atoms with Crippen LogP contribution in [0.5, 0.6) is 0 Å². The molecule has 0 bridgehead atoms. The third-order valence-electron chi connectivity index (χ3n) is 4.08. The van der Waals surface area contributed by atoms with Crippen LogP contribution in [0.2, 0.25) is 0 Å². The number of nitrogens with zero attached hydrogens (tertiary/aromatic N) is 1. The number of ether oxygens (including phenoxy) is 1. The molecule has 2 aromatic rings. The molecule has 0 heterocycles. The molecule has 2 aromatic carbocycles. The van der Waals surface area contributed by atoms with Crippen LogP contribution in [0, 0.1) is 10.1 Å². The number of unbranched alkanes of at least 4 members (excludes halogenated alkanes) is 2. The summed E-state index contributed by atoms with van der Waals surface area (Å²) < 4.78 is 4.60. The van der Waals surface area contributed by atoms with Gasteiger partial charge in [0, 0.05) is 29.8 Å². The number of para-hydroxylation sites is 1. The van der Waals surface area contributed by atoms with Crippen LogP contribution in [0.15, 0.2) is 54.6 Å². The highest BCUT2D eigenvalue weighted by Crippen LogP contribution is 2.19. The van der Waals surface area contributed by atoms with E-state index in [4.69, 9.17) is 0 Å². The first-order valence-corrected chi connectivity index (χ1v) is 8.89. The van der Waals surface area contributed by atoms with Crippen LogP contribution in [-0.4, -0.2) is 23.9 Å². The highest BCUT2D eigenvalue weighted by atomic mass is 16.6. The molecule has 0 fully saturated rings. The minimum Gasteiger partial charge on any atom is -0.469 e. The van der Waals surface area contributed by atoms with E-state index in [0.29, 0.717) is 17.7 Å². The van der Waals surface area contributed by atoms with Gasteiger partial charge in [-0.1, -0.05) is 30.4 Å². The standard InChI is InChI=1S/C21H22N2O5/c1-28-20(24)11-5-3-2-4-8-16-9-6-7-10-19(16)22-21(25)17-12-14-18(15-13-17)23(26)27/h4,6-10,12-15H,2-3,5,11H2,1H3,(H,22,25). The number of hydrogen-bond acceptors (Lipinski definition) is 5. The molecule has 0 radical (unpaired) electrons. The molecule has 0 saturated heterocycles. The number of nitrogens with one attached hydrogen (secondary N) is 1. The molecule has 0 saturated carbocycles. The molecular weight excluding hydrogens is 360 g/mol. The Balaban J connectivity index is 1.95. The zero-order valence-corrected chi connectivity index (χ0v) is 15.6. The monoisotopic (exact) mass is 382 g/mol. The van der Waals surface area contributed by atoms with Crippen LogP contribution in [0.1, 0.15) is 41.6 Å².